The number of Topliss-reactive ketones (excluding diaryl/α,β-unsaturated/α-hetero) is 1. The first-order valence-electron chi connectivity index (χ1n) is 10.1. The van der Waals surface area contributed by atoms with Gasteiger partial charge in [-0.15, -0.1) is 0 Å². The summed E-state index contributed by atoms with van der Waals surface area (Å²) >= 11 is 0. The van der Waals surface area contributed by atoms with E-state index in [4.69, 9.17) is 5.10 Å². The lowest BCUT2D eigenvalue weighted by atomic mass is 10.1. The second kappa shape index (κ2) is 9.05. The lowest BCUT2D eigenvalue weighted by molar-refractivity contribution is -0.907. The van der Waals surface area contributed by atoms with Crippen LogP contribution in [0.3, 0.4) is 0 Å². The molecule has 0 bridgehead atoms. The summed E-state index contributed by atoms with van der Waals surface area (Å²) in [7, 11) is 2.02. The van der Waals surface area contributed by atoms with Crippen molar-refractivity contribution in [3.8, 4) is 5.69 Å². The Morgan fingerprint density at radius 2 is 1.70 bits per heavy atom. The van der Waals surface area contributed by atoms with E-state index in [-0.39, 0.29) is 17.7 Å². The van der Waals surface area contributed by atoms with E-state index in [1.807, 2.05) is 55.9 Å². The van der Waals surface area contributed by atoms with Crippen LogP contribution >= 0.6 is 0 Å². The summed E-state index contributed by atoms with van der Waals surface area (Å²) in [4.78, 5) is 25.2. The molecule has 6 nitrogen and oxygen atoms in total. The number of nitrogens with zero attached hydrogens (tertiary/aromatic N) is 2. The summed E-state index contributed by atoms with van der Waals surface area (Å²) in [5.41, 5.74) is 5.57. The Morgan fingerprint density at radius 1 is 1.07 bits per heavy atom. The molecular weight excluding hydrogens is 376 g/mol. The van der Waals surface area contributed by atoms with Crippen molar-refractivity contribution in [2.24, 2.45) is 0 Å². The minimum atomic E-state index is -0.253. The zero-order chi connectivity index (χ0) is 21.8. The van der Waals surface area contributed by atoms with Crippen LogP contribution < -0.4 is 10.2 Å². The van der Waals surface area contributed by atoms with Gasteiger partial charge in [-0.2, -0.15) is 5.10 Å². The highest BCUT2D eigenvalue weighted by Crippen LogP contribution is 2.17. The number of benzene rings is 2. The molecule has 2 atom stereocenters. The number of aromatic nitrogens is 2. The SMILES string of the molecule is CC(=O)c1ccc(NC(=O)[C@H](C)[NH+](C)Cc2c(C)nn(-c3ccccc3)c2C)cc1. The Balaban J connectivity index is 1.69. The Labute approximate surface area is 177 Å². The fraction of sp³-hybridized carbons (Fsp3) is 0.292. The summed E-state index contributed by atoms with van der Waals surface area (Å²) in [5, 5.41) is 7.65. The highest BCUT2D eigenvalue weighted by Gasteiger charge is 2.25. The largest absolute Gasteiger partial charge is 0.324 e. The Morgan fingerprint density at radius 3 is 2.30 bits per heavy atom. The van der Waals surface area contributed by atoms with Gasteiger partial charge in [0.1, 0.15) is 6.54 Å². The molecule has 0 aliphatic carbocycles. The molecule has 1 aromatic heterocycles. The first kappa shape index (κ1) is 21.5. The normalized spacial score (nSPS) is 13.0. The van der Waals surface area contributed by atoms with E-state index >= 15 is 0 Å². The fourth-order valence-corrected chi connectivity index (χ4v) is 3.45. The number of ketones is 1. The molecule has 0 spiro atoms. The predicted octanol–water partition coefficient (Wildman–Crippen LogP) is 2.73. The summed E-state index contributed by atoms with van der Waals surface area (Å²) < 4.78 is 1.96. The number of amides is 1. The quantitative estimate of drug-likeness (QED) is 0.594. The van der Waals surface area contributed by atoms with Gasteiger partial charge in [-0.3, -0.25) is 9.59 Å². The molecule has 1 amide bonds. The Kier molecular flexibility index (Phi) is 6.47. The van der Waals surface area contributed by atoms with E-state index in [0.717, 1.165) is 27.5 Å². The monoisotopic (exact) mass is 405 g/mol. The number of para-hydroxylation sites is 1. The van der Waals surface area contributed by atoms with E-state index in [1.165, 1.54) is 6.92 Å². The standard InChI is InChI=1S/C24H28N4O2/c1-16-23(17(2)28(26-16)22-9-7-6-8-10-22)15-27(5)18(3)24(30)25-21-13-11-20(12-14-21)19(4)29/h6-14,18H,15H2,1-5H3,(H,25,30)/p+1/t18-/m0/s1. The van der Waals surface area contributed by atoms with Crippen molar-refractivity contribution < 1.29 is 14.5 Å². The lowest BCUT2D eigenvalue weighted by Gasteiger charge is -2.21. The highest BCUT2D eigenvalue weighted by atomic mass is 16.2. The predicted molar refractivity (Wildman–Crippen MR) is 118 cm³/mol. The molecule has 2 aromatic carbocycles. The van der Waals surface area contributed by atoms with Gasteiger partial charge in [-0.1, -0.05) is 18.2 Å². The Bertz CT molecular complexity index is 1040. The number of hydrogen-bond donors (Lipinski definition) is 2. The second-order valence-electron chi connectivity index (χ2n) is 7.76. The third kappa shape index (κ3) is 4.66. The highest BCUT2D eigenvalue weighted by molar-refractivity contribution is 5.96. The minimum Gasteiger partial charge on any atom is -0.324 e. The molecule has 0 saturated heterocycles. The van der Waals surface area contributed by atoms with Crippen molar-refractivity contribution in [1.29, 1.82) is 0 Å². The zero-order valence-corrected chi connectivity index (χ0v) is 18.2. The second-order valence-corrected chi connectivity index (χ2v) is 7.76. The van der Waals surface area contributed by atoms with Crippen molar-refractivity contribution in [3.63, 3.8) is 0 Å². The zero-order valence-electron chi connectivity index (χ0n) is 18.2. The van der Waals surface area contributed by atoms with Crippen LogP contribution in [0.1, 0.15) is 41.2 Å². The van der Waals surface area contributed by atoms with E-state index in [2.05, 4.69) is 12.2 Å². The topological polar surface area (TPSA) is 68.4 Å². The molecule has 0 radical (unpaired) electrons. The van der Waals surface area contributed by atoms with Gasteiger partial charge in [0.05, 0.1) is 29.7 Å². The van der Waals surface area contributed by atoms with Gasteiger partial charge in [-0.25, -0.2) is 4.68 Å². The summed E-state index contributed by atoms with van der Waals surface area (Å²) in [6, 6.07) is 16.8. The van der Waals surface area contributed by atoms with Gasteiger partial charge in [-0.05, 0) is 64.1 Å². The summed E-state index contributed by atoms with van der Waals surface area (Å²) in [5.74, 6) is -0.0546. The molecule has 156 valence electrons. The molecule has 1 unspecified atom stereocenters. The molecule has 0 aliphatic rings. The molecule has 3 aromatic rings. The molecule has 3 rings (SSSR count). The van der Waals surface area contributed by atoms with Gasteiger partial charge < -0.3 is 10.2 Å². The number of anilines is 1. The molecule has 1 heterocycles. The van der Waals surface area contributed by atoms with Crippen LogP contribution in [0.25, 0.3) is 5.69 Å². The van der Waals surface area contributed by atoms with Crippen LogP contribution in [0, 0.1) is 13.8 Å². The smallest absolute Gasteiger partial charge is 0.282 e. The van der Waals surface area contributed by atoms with E-state index in [0.29, 0.717) is 17.8 Å². The average molecular weight is 406 g/mol. The first-order chi connectivity index (χ1) is 14.3. The van der Waals surface area contributed by atoms with Crippen LogP contribution in [0.15, 0.2) is 54.6 Å². The van der Waals surface area contributed by atoms with Gasteiger partial charge in [0.2, 0.25) is 0 Å². The van der Waals surface area contributed by atoms with Crippen LogP contribution in [0.2, 0.25) is 0 Å². The van der Waals surface area contributed by atoms with Crippen molar-refractivity contribution in [2.75, 3.05) is 12.4 Å². The first-order valence-corrected chi connectivity index (χ1v) is 10.1. The number of aryl methyl sites for hydroxylation is 1. The number of quaternary nitrogens is 1. The van der Waals surface area contributed by atoms with Crippen LogP contribution in [0.5, 0.6) is 0 Å². The van der Waals surface area contributed by atoms with Crippen molar-refractivity contribution >= 4 is 17.4 Å². The third-order valence-corrected chi connectivity index (χ3v) is 5.59. The lowest BCUT2D eigenvalue weighted by Crippen LogP contribution is -3.12. The summed E-state index contributed by atoms with van der Waals surface area (Å²) in [6.07, 6.45) is 0. The summed E-state index contributed by atoms with van der Waals surface area (Å²) in [6.45, 7) is 8.22. The maximum absolute atomic E-state index is 12.7. The maximum atomic E-state index is 12.7. The molecule has 6 heteroatoms. The van der Waals surface area contributed by atoms with Gasteiger partial charge in [0.15, 0.2) is 11.8 Å². The molecule has 2 N–H and O–H groups in total. The van der Waals surface area contributed by atoms with Crippen molar-refractivity contribution in [1.82, 2.24) is 9.78 Å². The number of carbonyl (C=O) groups is 2. The number of carbonyl (C=O) groups excluding carboxylic acids is 2. The molecule has 0 aliphatic heterocycles. The number of rotatable bonds is 7. The van der Waals surface area contributed by atoms with Gasteiger partial charge in [0.25, 0.3) is 5.91 Å². The average Bonchev–Trinajstić information content (AvgIpc) is 3.02. The number of hydrogen-bond acceptors (Lipinski definition) is 3. The van der Waals surface area contributed by atoms with Crippen LogP contribution in [-0.4, -0.2) is 34.6 Å². The number of likely N-dealkylation sites (N-methyl/N-ethyl adjacent to an activating group) is 1. The van der Waals surface area contributed by atoms with E-state index in [1.54, 1.807) is 24.3 Å². The molecule has 0 fully saturated rings. The van der Waals surface area contributed by atoms with Crippen LogP contribution in [0.4, 0.5) is 5.69 Å². The Hall–Kier alpha value is -3.25. The van der Waals surface area contributed by atoms with Gasteiger partial charge in [0, 0.05) is 11.3 Å². The maximum Gasteiger partial charge on any atom is 0.282 e. The number of nitrogens with one attached hydrogen (secondary N) is 2. The van der Waals surface area contributed by atoms with Crippen molar-refractivity contribution in [2.45, 2.75) is 40.3 Å². The third-order valence-electron chi connectivity index (χ3n) is 5.59. The van der Waals surface area contributed by atoms with E-state index < -0.39 is 0 Å². The van der Waals surface area contributed by atoms with E-state index in [9.17, 15) is 9.59 Å². The minimum absolute atomic E-state index is 0.00668. The van der Waals surface area contributed by atoms with Crippen LogP contribution in [-0.2, 0) is 11.3 Å². The van der Waals surface area contributed by atoms with Gasteiger partial charge >= 0.3 is 0 Å². The van der Waals surface area contributed by atoms with Crippen molar-refractivity contribution in [3.05, 3.63) is 77.1 Å². The molecular formula is C24H29N4O2+. The fourth-order valence-electron chi connectivity index (χ4n) is 3.45. The molecule has 0 saturated carbocycles. The molecule has 30 heavy (non-hydrogen) atoms.